The molecule has 4 heteroatoms. The minimum Gasteiger partial charge on any atom is -0.352 e. The van der Waals surface area contributed by atoms with Gasteiger partial charge in [-0.15, -0.1) is 0 Å². The average Bonchev–Trinajstić information content (AvgIpc) is 3.11. The Bertz CT molecular complexity index is 1190. The van der Waals surface area contributed by atoms with Gasteiger partial charge in [-0.05, 0) is 43.0 Å². The van der Waals surface area contributed by atoms with Gasteiger partial charge in [0.25, 0.3) is 0 Å². The molecule has 0 radical (unpaired) electrons. The first-order valence-electron chi connectivity index (χ1n) is 10.7. The van der Waals surface area contributed by atoms with E-state index in [9.17, 15) is 9.18 Å². The fourth-order valence-electron chi connectivity index (χ4n) is 4.02. The molecule has 1 heterocycles. The number of rotatable bonds is 8. The Morgan fingerprint density at radius 1 is 0.968 bits per heavy atom. The van der Waals surface area contributed by atoms with Crippen molar-refractivity contribution in [3.05, 3.63) is 107 Å². The predicted octanol–water partition coefficient (Wildman–Crippen LogP) is 5.78. The minimum atomic E-state index is -0.288. The van der Waals surface area contributed by atoms with Crippen LogP contribution in [0.2, 0.25) is 0 Å². The van der Waals surface area contributed by atoms with Crippen molar-refractivity contribution < 1.29 is 9.18 Å². The summed E-state index contributed by atoms with van der Waals surface area (Å²) in [4.78, 5) is 12.2. The minimum absolute atomic E-state index is 0.0493. The van der Waals surface area contributed by atoms with E-state index in [4.69, 9.17) is 0 Å². The second-order valence-electron chi connectivity index (χ2n) is 8.01. The highest BCUT2D eigenvalue weighted by molar-refractivity contribution is 5.84. The third-order valence-electron chi connectivity index (χ3n) is 5.59. The lowest BCUT2D eigenvalue weighted by Crippen LogP contribution is -2.23. The van der Waals surface area contributed by atoms with E-state index < -0.39 is 0 Å². The monoisotopic (exact) mass is 414 g/mol. The molecule has 0 saturated heterocycles. The molecule has 0 aliphatic rings. The summed E-state index contributed by atoms with van der Waals surface area (Å²) in [6, 6.07) is 23.5. The highest BCUT2D eigenvalue weighted by Gasteiger charge is 2.10. The summed E-state index contributed by atoms with van der Waals surface area (Å²) < 4.78 is 16.0. The van der Waals surface area contributed by atoms with Crippen molar-refractivity contribution in [2.45, 2.75) is 39.3 Å². The number of hydrogen-bond donors (Lipinski definition) is 1. The standard InChI is InChI=1S/C27H27FN2O/c1-20-8-6-9-21(16-20)18-30-19-23(24-12-3-5-14-26(24)30)11-7-15-27(31)29-17-22-10-2-4-13-25(22)28/h2-6,8-10,12-14,16,19H,7,11,15,17-18H2,1H3,(H,29,31). The second kappa shape index (κ2) is 9.61. The number of nitrogens with zero attached hydrogens (tertiary/aromatic N) is 1. The second-order valence-corrected chi connectivity index (χ2v) is 8.01. The molecule has 1 aromatic heterocycles. The number of nitrogens with one attached hydrogen (secondary N) is 1. The van der Waals surface area contributed by atoms with Crippen molar-refractivity contribution in [1.29, 1.82) is 0 Å². The molecule has 0 aliphatic carbocycles. The molecule has 0 bridgehead atoms. The Labute approximate surface area is 182 Å². The number of carbonyl (C=O) groups is 1. The quantitative estimate of drug-likeness (QED) is 0.390. The fourth-order valence-corrected chi connectivity index (χ4v) is 4.02. The molecule has 4 rings (SSSR count). The molecule has 0 atom stereocenters. The van der Waals surface area contributed by atoms with Crippen LogP contribution in [0.15, 0.2) is 79.0 Å². The van der Waals surface area contributed by atoms with Crippen LogP contribution < -0.4 is 5.32 Å². The van der Waals surface area contributed by atoms with E-state index in [1.165, 1.54) is 33.7 Å². The molecule has 3 aromatic carbocycles. The number of halogens is 1. The first-order valence-corrected chi connectivity index (χ1v) is 10.7. The predicted molar refractivity (Wildman–Crippen MR) is 123 cm³/mol. The lowest BCUT2D eigenvalue weighted by atomic mass is 10.1. The largest absolute Gasteiger partial charge is 0.352 e. The van der Waals surface area contributed by atoms with Gasteiger partial charge in [0, 0.05) is 42.2 Å². The van der Waals surface area contributed by atoms with E-state index in [2.05, 4.69) is 71.5 Å². The van der Waals surface area contributed by atoms with Gasteiger partial charge >= 0.3 is 0 Å². The van der Waals surface area contributed by atoms with Crippen LogP contribution in [0.3, 0.4) is 0 Å². The van der Waals surface area contributed by atoms with E-state index in [0.717, 1.165) is 19.4 Å². The molecule has 3 nitrogen and oxygen atoms in total. The molecule has 31 heavy (non-hydrogen) atoms. The summed E-state index contributed by atoms with van der Waals surface area (Å²) in [5.74, 6) is -0.337. The zero-order valence-electron chi connectivity index (χ0n) is 17.8. The molecule has 4 aromatic rings. The van der Waals surface area contributed by atoms with Gasteiger partial charge in [-0.1, -0.05) is 66.2 Å². The number of aromatic nitrogens is 1. The molecule has 0 unspecified atom stereocenters. The summed E-state index contributed by atoms with van der Waals surface area (Å²) in [5.41, 5.74) is 5.51. The highest BCUT2D eigenvalue weighted by Crippen LogP contribution is 2.24. The van der Waals surface area contributed by atoms with Crippen molar-refractivity contribution in [2.24, 2.45) is 0 Å². The van der Waals surface area contributed by atoms with Crippen LogP contribution in [0, 0.1) is 12.7 Å². The SMILES string of the molecule is Cc1cccc(Cn2cc(CCCC(=O)NCc3ccccc3F)c3ccccc32)c1. The Morgan fingerprint density at radius 3 is 2.61 bits per heavy atom. The summed E-state index contributed by atoms with van der Waals surface area (Å²) in [6.07, 6.45) is 4.21. The van der Waals surface area contributed by atoms with Gasteiger partial charge in [-0.3, -0.25) is 4.79 Å². The van der Waals surface area contributed by atoms with Gasteiger partial charge in [0.15, 0.2) is 0 Å². The molecular weight excluding hydrogens is 387 g/mol. The number of carbonyl (C=O) groups excluding carboxylic acids is 1. The zero-order valence-corrected chi connectivity index (χ0v) is 17.8. The number of hydrogen-bond acceptors (Lipinski definition) is 1. The van der Waals surface area contributed by atoms with Gasteiger partial charge in [0.05, 0.1) is 0 Å². The van der Waals surface area contributed by atoms with Gasteiger partial charge < -0.3 is 9.88 Å². The van der Waals surface area contributed by atoms with E-state index >= 15 is 0 Å². The Balaban J connectivity index is 1.38. The molecule has 0 saturated carbocycles. The molecule has 0 spiro atoms. The molecule has 0 aliphatic heterocycles. The topological polar surface area (TPSA) is 34.0 Å². The number of amides is 1. The van der Waals surface area contributed by atoms with Gasteiger partial charge in [0.2, 0.25) is 5.91 Å². The maximum atomic E-state index is 13.7. The molecular formula is C27H27FN2O. The molecule has 1 N–H and O–H groups in total. The Morgan fingerprint density at radius 2 is 1.77 bits per heavy atom. The summed E-state index contributed by atoms with van der Waals surface area (Å²) in [7, 11) is 0. The number of benzene rings is 3. The smallest absolute Gasteiger partial charge is 0.220 e. The van der Waals surface area contributed by atoms with Crippen LogP contribution >= 0.6 is 0 Å². The maximum Gasteiger partial charge on any atom is 0.220 e. The molecule has 158 valence electrons. The van der Waals surface area contributed by atoms with Crippen LogP contribution in [0.25, 0.3) is 10.9 Å². The van der Waals surface area contributed by atoms with E-state index in [0.29, 0.717) is 12.0 Å². The Hall–Kier alpha value is -3.40. The van der Waals surface area contributed by atoms with Gasteiger partial charge in [0.1, 0.15) is 5.82 Å². The normalized spacial score (nSPS) is 11.0. The maximum absolute atomic E-state index is 13.7. The van der Waals surface area contributed by atoms with E-state index in [1.54, 1.807) is 18.2 Å². The van der Waals surface area contributed by atoms with E-state index in [-0.39, 0.29) is 18.3 Å². The molecule has 0 fully saturated rings. The number of para-hydroxylation sites is 1. The summed E-state index contributed by atoms with van der Waals surface area (Å²) >= 11 is 0. The average molecular weight is 415 g/mol. The number of fused-ring (bicyclic) bond motifs is 1. The van der Waals surface area contributed by atoms with Crippen LogP contribution in [0.4, 0.5) is 4.39 Å². The Kier molecular flexibility index (Phi) is 6.46. The van der Waals surface area contributed by atoms with Crippen LogP contribution in [0.1, 0.15) is 35.1 Å². The molecule has 1 amide bonds. The zero-order chi connectivity index (χ0) is 21.6. The first-order chi connectivity index (χ1) is 15.1. The third-order valence-corrected chi connectivity index (χ3v) is 5.59. The van der Waals surface area contributed by atoms with Crippen molar-refractivity contribution in [3.8, 4) is 0 Å². The van der Waals surface area contributed by atoms with Crippen LogP contribution in [-0.2, 0) is 24.3 Å². The van der Waals surface area contributed by atoms with Gasteiger partial charge in [-0.2, -0.15) is 0 Å². The number of aryl methyl sites for hydroxylation is 2. The van der Waals surface area contributed by atoms with Crippen molar-refractivity contribution in [1.82, 2.24) is 9.88 Å². The summed E-state index contributed by atoms with van der Waals surface area (Å²) in [5, 5.41) is 4.06. The van der Waals surface area contributed by atoms with Crippen molar-refractivity contribution >= 4 is 16.8 Å². The lowest BCUT2D eigenvalue weighted by molar-refractivity contribution is -0.121. The van der Waals surface area contributed by atoms with E-state index in [1.807, 2.05) is 0 Å². The third kappa shape index (κ3) is 5.21. The lowest BCUT2D eigenvalue weighted by Gasteiger charge is -2.06. The summed E-state index contributed by atoms with van der Waals surface area (Å²) in [6.45, 7) is 3.16. The fraction of sp³-hybridized carbons (Fsp3) is 0.222. The first kappa shape index (κ1) is 20.9. The highest BCUT2D eigenvalue weighted by atomic mass is 19.1. The van der Waals surface area contributed by atoms with Crippen LogP contribution in [-0.4, -0.2) is 10.5 Å². The van der Waals surface area contributed by atoms with Crippen molar-refractivity contribution in [2.75, 3.05) is 0 Å². The van der Waals surface area contributed by atoms with Crippen molar-refractivity contribution in [3.63, 3.8) is 0 Å². The van der Waals surface area contributed by atoms with Crippen LogP contribution in [0.5, 0.6) is 0 Å². The van der Waals surface area contributed by atoms with Gasteiger partial charge in [-0.25, -0.2) is 4.39 Å².